The topological polar surface area (TPSA) is 29.6 Å². The SMILES string of the molecule is Cc1ccc(-c2csc(=NC(C)C)n2N=Cc2ccccc2)cc1C. The molecular formula is C21H23N3S. The Morgan fingerprint density at radius 2 is 1.76 bits per heavy atom. The van der Waals surface area contributed by atoms with Crippen LogP contribution in [-0.4, -0.2) is 16.9 Å². The van der Waals surface area contributed by atoms with Crippen molar-refractivity contribution in [3.63, 3.8) is 0 Å². The van der Waals surface area contributed by atoms with Gasteiger partial charge in [-0.1, -0.05) is 42.5 Å². The molecule has 2 aromatic carbocycles. The zero-order chi connectivity index (χ0) is 17.8. The van der Waals surface area contributed by atoms with E-state index in [1.807, 2.05) is 41.2 Å². The summed E-state index contributed by atoms with van der Waals surface area (Å²) >= 11 is 1.63. The highest BCUT2D eigenvalue weighted by Gasteiger charge is 2.08. The quantitative estimate of drug-likeness (QED) is 0.592. The van der Waals surface area contributed by atoms with E-state index in [4.69, 9.17) is 10.1 Å². The van der Waals surface area contributed by atoms with E-state index in [1.165, 1.54) is 11.1 Å². The van der Waals surface area contributed by atoms with Gasteiger partial charge in [0.2, 0.25) is 4.80 Å². The summed E-state index contributed by atoms with van der Waals surface area (Å²) in [5, 5.41) is 6.86. The average Bonchev–Trinajstić information content (AvgIpc) is 2.98. The molecule has 0 spiro atoms. The van der Waals surface area contributed by atoms with Gasteiger partial charge in [0.05, 0.1) is 11.9 Å². The maximum atomic E-state index is 4.73. The second kappa shape index (κ2) is 7.62. The summed E-state index contributed by atoms with van der Waals surface area (Å²) in [5.41, 5.74) is 5.88. The number of aromatic nitrogens is 1. The maximum absolute atomic E-state index is 4.73. The molecule has 1 aromatic heterocycles. The number of hydrogen-bond acceptors (Lipinski definition) is 3. The Kier molecular flexibility index (Phi) is 5.29. The molecule has 128 valence electrons. The molecule has 0 unspecified atom stereocenters. The first-order chi connectivity index (χ1) is 12.0. The predicted molar refractivity (Wildman–Crippen MR) is 107 cm³/mol. The molecule has 0 N–H and O–H groups in total. The summed E-state index contributed by atoms with van der Waals surface area (Å²) in [6.07, 6.45) is 1.89. The van der Waals surface area contributed by atoms with E-state index in [0.717, 1.165) is 21.6 Å². The first kappa shape index (κ1) is 17.4. The maximum Gasteiger partial charge on any atom is 0.206 e. The van der Waals surface area contributed by atoms with Crippen molar-refractivity contribution in [3.05, 3.63) is 75.4 Å². The van der Waals surface area contributed by atoms with Crippen LogP contribution in [0.3, 0.4) is 0 Å². The fourth-order valence-electron chi connectivity index (χ4n) is 2.48. The zero-order valence-corrected chi connectivity index (χ0v) is 15.9. The Bertz CT molecular complexity index is 947. The number of thiazole rings is 1. The minimum Gasteiger partial charge on any atom is -0.255 e. The van der Waals surface area contributed by atoms with Gasteiger partial charge in [-0.05, 0) is 50.5 Å². The largest absolute Gasteiger partial charge is 0.255 e. The van der Waals surface area contributed by atoms with Crippen LogP contribution in [0.25, 0.3) is 11.3 Å². The molecule has 3 rings (SSSR count). The van der Waals surface area contributed by atoms with E-state index in [0.29, 0.717) is 0 Å². The Morgan fingerprint density at radius 1 is 1.00 bits per heavy atom. The van der Waals surface area contributed by atoms with E-state index in [9.17, 15) is 0 Å². The highest BCUT2D eigenvalue weighted by atomic mass is 32.1. The number of rotatable bonds is 4. The molecule has 0 amide bonds. The second-order valence-corrected chi connectivity index (χ2v) is 7.23. The van der Waals surface area contributed by atoms with Gasteiger partial charge in [0.1, 0.15) is 0 Å². The van der Waals surface area contributed by atoms with E-state index in [2.05, 4.69) is 51.3 Å². The predicted octanol–water partition coefficient (Wildman–Crippen LogP) is 5.02. The third kappa shape index (κ3) is 4.15. The molecule has 1 heterocycles. The van der Waals surface area contributed by atoms with Gasteiger partial charge in [-0.15, -0.1) is 11.3 Å². The molecule has 0 fully saturated rings. The first-order valence-electron chi connectivity index (χ1n) is 8.46. The number of nitrogens with zero attached hydrogens (tertiary/aromatic N) is 3. The van der Waals surface area contributed by atoms with Crippen molar-refractivity contribution in [3.8, 4) is 11.3 Å². The first-order valence-corrected chi connectivity index (χ1v) is 9.34. The Hall–Kier alpha value is -2.46. The highest BCUT2D eigenvalue weighted by Crippen LogP contribution is 2.23. The van der Waals surface area contributed by atoms with Crippen LogP contribution < -0.4 is 4.80 Å². The van der Waals surface area contributed by atoms with Crippen LogP contribution in [0.4, 0.5) is 0 Å². The van der Waals surface area contributed by atoms with Crippen LogP contribution >= 0.6 is 11.3 Å². The minimum atomic E-state index is 0.226. The zero-order valence-electron chi connectivity index (χ0n) is 15.1. The Morgan fingerprint density at radius 3 is 2.44 bits per heavy atom. The van der Waals surface area contributed by atoms with Crippen LogP contribution in [0, 0.1) is 13.8 Å². The summed E-state index contributed by atoms with van der Waals surface area (Å²) in [6, 6.07) is 16.9. The molecule has 0 saturated heterocycles. The molecular weight excluding hydrogens is 326 g/mol. The monoisotopic (exact) mass is 349 g/mol. The van der Waals surface area contributed by atoms with Crippen molar-refractivity contribution in [2.75, 3.05) is 0 Å². The second-order valence-electron chi connectivity index (χ2n) is 6.39. The molecule has 0 bridgehead atoms. The summed E-state index contributed by atoms with van der Waals surface area (Å²) in [7, 11) is 0. The van der Waals surface area contributed by atoms with E-state index in [-0.39, 0.29) is 6.04 Å². The number of hydrogen-bond donors (Lipinski definition) is 0. The summed E-state index contributed by atoms with van der Waals surface area (Å²) < 4.78 is 1.95. The van der Waals surface area contributed by atoms with Crippen LogP contribution in [-0.2, 0) is 0 Å². The lowest BCUT2D eigenvalue weighted by atomic mass is 10.1. The van der Waals surface area contributed by atoms with Crippen LogP contribution in [0.15, 0.2) is 64.0 Å². The van der Waals surface area contributed by atoms with Gasteiger partial charge < -0.3 is 0 Å². The van der Waals surface area contributed by atoms with Gasteiger partial charge >= 0.3 is 0 Å². The fourth-order valence-corrected chi connectivity index (χ4v) is 3.45. The average molecular weight is 350 g/mol. The lowest BCUT2D eigenvalue weighted by Gasteiger charge is -2.07. The summed E-state index contributed by atoms with van der Waals surface area (Å²) in [6.45, 7) is 8.44. The van der Waals surface area contributed by atoms with Crippen LogP contribution in [0.2, 0.25) is 0 Å². The van der Waals surface area contributed by atoms with Crippen molar-refractivity contribution >= 4 is 17.6 Å². The number of benzene rings is 2. The molecule has 0 aliphatic heterocycles. The molecule has 3 nitrogen and oxygen atoms in total. The standard InChI is InChI=1S/C21H23N3S/c1-15(2)23-21-24(22-13-18-8-6-5-7-9-18)20(14-25-21)19-11-10-16(3)17(4)12-19/h5-15H,1-4H3. The third-order valence-corrected chi connectivity index (χ3v) is 4.81. The van der Waals surface area contributed by atoms with E-state index >= 15 is 0 Å². The fraction of sp³-hybridized carbons (Fsp3) is 0.238. The van der Waals surface area contributed by atoms with Crippen molar-refractivity contribution in [1.82, 2.24) is 4.68 Å². The molecule has 3 aromatic rings. The van der Waals surface area contributed by atoms with E-state index < -0.39 is 0 Å². The molecule has 0 aliphatic carbocycles. The van der Waals surface area contributed by atoms with Crippen molar-refractivity contribution < 1.29 is 0 Å². The summed E-state index contributed by atoms with van der Waals surface area (Å²) in [5.74, 6) is 0. The van der Waals surface area contributed by atoms with Crippen LogP contribution in [0.5, 0.6) is 0 Å². The van der Waals surface area contributed by atoms with Gasteiger partial charge in [-0.2, -0.15) is 5.10 Å². The van der Waals surface area contributed by atoms with Crippen LogP contribution in [0.1, 0.15) is 30.5 Å². The number of aryl methyl sites for hydroxylation is 2. The molecule has 0 aliphatic rings. The molecule has 0 saturated carbocycles. The summed E-state index contributed by atoms with van der Waals surface area (Å²) in [4.78, 5) is 5.64. The van der Waals surface area contributed by atoms with Gasteiger partial charge in [0, 0.05) is 17.0 Å². The lowest BCUT2D eigenvalue weighted by molar-refractivity contribution is 0.754. The minimum absolute atomic E-state index is 0.226. The Labute approximate surface area is 153 Å². The normalized spacial score (nSPS) is 12.4. The van der Waals surface area contributed by atoms with Crippen molar-refractivity contribution in [2.24, 2.45) is 10.1 Å². The molecule has 25 heavy (non-hydrogen) atoms. The van der Waals surface area contributed by atoms with Gasteiger partial charge in [-0.3, -0.25) is 4.99 Å². The van der Waals surface area contributed by atoms with Gasteiger partial charge in [0.25, 0.3) is 0 Å². The molecule has 4 heteroatoms. The van der Waals surface area contributed by atoms with Crippen molar-refractivity contribution in [2.45, 2.75) is 33.7 Å². The third-order valence-electron chi connectivity index (χ3n) is 3.98. The molecule has 0 radical (unpaired) electrons. The van der Waals surface area contributed by atoms with Gasteiger partial charge in [0.15, 0.2) is 0 Å². The smallest absolute Gasteiger partial charge is 0.206 e. The van der Waals surface area contributed by atoms with Crippen molar-refractivity contribution in [1.29, 1.82) is 0 Å². The highest BCUT2D eigenvalue weighted by molar-refractivity contribution is 7.07. The Balaban J connectivity index is 2.11. The van der Waals surface area contributed by atoms with Gasteiger partial charge in [-0.25, -0.2) is 4.68 Å². The lowest BCUT2D eigenvalue weighted by Crippen LogP contribution is -2.14. The molecule has 0 atom stereocenters. The van der Waals surface area contributed by atoms with E-state index in [1.54, 1.807) is 11.3 Å².